The van der Waals surface area contributed by atoms with Crippen LogP contribution in [0.5, 0.6) is 5.75 Å². The van der Waals surface area contributed by atoms with E-state index in [-0.39, 0.29) is 5.91 Å². The van der Waals surface area contributed by atoms with Gasteiger partial charge in [-0.3, -0.25) is 9.78 Å². The van der Waals surface area contributed by atoms with Crippen molar-refractivity contribution in [2.45, 2.75) is 20.8 Å². The highest BCUT2D eigenvalue weighted by atomic mass is 16.5. The maximum absolute atomic E-state index is 12.7. The quantitative estimate of drug-likeness (QED) is 0.670. The first-order chi connectivity index (χ1) is 13.0. The predicted molar refractivity (Wildman–Crippen MR) is 109 cm³/mol. The van der Waals surface area contributed by atoms with E-state index >= 15 is 0 Å². The number of anilines is 3. The Labute approximate surface area is 159 Å². The number of para-hydroxylation sites is 1. The molecule has 5 heteroatoms. The summed E-state index contributed by atoms with van der Waals surface area (Å²) in [5, 5.41) is 6.26. The Morgan fingerprint density at radius 3 is 2.44 bits per heavy atom. The van der Waals surface area contributed by atoms with Gasteiger partial charge in [0.1, 0.15) is 11.4 Å². The van der Waals surface area contributed by atoms with Gasteiger partial charge in [-0.1, -0.05) is 24.3 Å². The molecule has 0 aliphatic rings. The Kier molecular flexibility index (Phi) is 5.41. The summed E-state index contributed by atoms with van der Waals surface area (Å²) in [6.07, 6.45) is 1.62. The lowest BCUT2D eigenvalue weighted by Gasteiger charge is -2.14. The number of nitrogens with one attached hydrogen (secondary N) is 2. The third-order valence-electron chi connectivity index (χ3n) is 4.35. The standard InChI is InChI=1S/C22H23N3O2/c1-14-8-9-20(27-4)18(12-14)25-22(26)19-13-17(10-11-23-19)24-21-15(2)6-5-7-16(21)3/h5-13H,1-4H3,(H,23,24)(H,25,26). The van der Waals surface area contributed by atoms with Crippen LogP contribution in [-0.4, -0.2) is 18.0 Å². The zero-order valence-electron chi connectivity index (χ0n) is 16.0. The number of aryl methyl sites for hydroxylation is 3. The second kappa shape index (κ2) is 7.91. The molecular formula is C22H23N3O2. The minimum absolute atomic E-state index is 0.288. The number of nitrogens with zero attached hydrogens (tertiary/aromatic N) is 1. The molecule has 0 spiro atoms. The lowest BCUT2D eigenvalue weighted by atomic mass is 10.1. The Bertz CT molecular complexity index is 963. The molecule has 3 rings (SSSR count). The third-order valence-corrected chi connectivity index (χ3v) is 4.35. The number of carbonyl (C=O) groups excluding carboxylic acids is 1. The van der Waals surface area contributed by atoms with Crippen LogP contribution in [0.25, 0.3) is 0 Å². The summed E-state index contributed by atoms with van der Waals surface area (Å²) in [6.45, 7) is 6.06. The number of methoxy groups -OCH3 is 1. The fourth-order valence-electron chi connectivity index (χ4n) is 2.89. The molecule has 0 aliphatic carbocycles. The van der Waals surface area contributed by atoms with E-state index in [1.165, 1.54) is 0 Å². The van der Waals surface area contributed by atoms with Crippen LogP contribution in [0.3, 0.4) is 0 Å². The van der Waals surface area contributed by atoms with Crippen LogP contribution < -0.4 is 15.4 Å². The molecule has 1 aromatic heterocycles. The second-order valence-corrected chi connectivity index (χ2v) is 6.48. The van der Waals surface area contributed by atoms with Gasteiger partial charge in [-0.2, -0.15) is 0 Å². The van der Waals surface area contributed by atoms with Crippen LogP contribution in [0.2, 0.25) is 0 Å². The van der Waals surface area contributed by atoms with E-state index in [2.05, 4.69) is 15.6 Å². The summed E-state index contributed by atoms with van der Waals surface area (Å²) < 4.78 is 5.32. The number of ether oxygens (including phenoxy) is 1. The van der Waals surface area contributed by atoms with Gasteiger partial charge in [0.05, 0.1) is 12.8 Å². The van der Waals surface area contributed by atoms with Crippen LogP contribution in [0.15, 0.2) is 54.7 Å². The molecule has 138 valence electrons. The fourth-order valence-corrected chi connectivity index (χ4v) is 2.89. The number of pyridine rings is 1. The summed E-state index contributed by atoms with van der Waals surface area (Å²) in [6, 6.07) is 15.3. The van der Waals surface area contributed by atoms with E-state index in [1.807, 2.05) is 63.2 Å². The predicted octanol–water partition coefficient (Wildman–Crippen LogP) is 5.01. The van der Waals surface area contributed by atoms with E-state index in [1.54, 1.807) is 19.4 Å². The molecule has 1 amide bonds. The van der Waals surface area contributed by atoms with E-state index in [0.717, 1.165) is 28.1 Å². The maximum atomic E-state index is 12.7. The second-order valence-electron chi connectivity index (χ2n) is 6.48. The van der Waals surface area contributed by atoms with Gasteiger partial charge in [0.15, 0.2) is 0 Å². The Morgan fingerprint density at radius 2 is 1.74 bits per heavy atom. The van der Waals surface area contributed by atoms with Crippen molar-refractivity contribution < 1.29 is 9.53 Å². The highest BCUT2D eigenvalue weighted by molar-refractivity contribution is 6.04. The molecule has 0 bridgehead atoms. The highest BCUT2D eigenvalue weighted by Crippen LogP contribution is 2.27. The number of hydrogen-bond donors (Lipinski definition) is 2. The topological polar surface area (TPSA) is 63.2 Å². The normalized spacial score (nSPS) is 10.4. The minimum atomic E-state index is -0.288. The van der Waals surface area contributed by atoms with Gasteiger partial charge >= 0.3 is 0 Å². The summed E-state index contributed by atoms with van der Waals surface area (Å²) in [5.41, 5.74) is 6.11. The van der Waals surface area contributed by atoms with Gasteiger partial charge in [0.25, 0.3) is 5.91 Å². The molecule has 0 radical (unpaired) electrons. The molecular weight excluding hydrogens is 338 g/mol. The van der Waals surface area contributed by atoms with Crippen LogP contribution in [-0.2, 0) is 0 Å². The van der Waals surface area contributed by atoms with E-state index in [4.69, 9.17) is 4.74 Å². The van der Waals surface area contributed by atoms with Crippen molar-refractivity contribution >= 4 is 23.0 Å². The Morgan fingerprint density at radius 1 is 1.00 bits per heavy atom. The molecule has 5 nitrogen and oxygen atoms in total. The van der Waals surface area contributed by atoms with Crippen molar-refractivity contribution in [2.24, 2.45) is 0 Å². The molecule has 1 heterocycles. The van der Waals surface area contributed by atoms with Gasteiger partial charge in [-0.05, 0) is 61.7 Å². The van der Waals surface area contributed by atoms with Crippen molar-refractivity contribution in [1.82, 2.24) is 4.98 Å². The number of carbonyl (C=O) groups is 1. The van der Waals surface area contributed by atoms with E-state index in [9.17, 15) is 4.79 Å². The van der Waals surface area contributed by atoms with Crippen molar-refractivity contribution in [3.8, 4) is 5.75 Å². The first-order valence-electron chi connectivity index (χ1n) is 8.73. The van der Waals surface area contributed by atoms with Crippen molar-refractivity contribution in [1.29, 1.82) is 0 Å². The van der Waals surface area contributed by atoms with Crippen LogP contribution in [0, 0.1) is 20.8 Å². The molecule has 2 N–H and O–H groups in total. The number of aromatic nitrogens is 1. The smallest absolute Gasteiger partial charge is 0.274 e. The lowest BCUT2D eigenvalue weighted by molar-refractivity contribution is 0.102. The van der Waals surface area contributed by atoms with Gasteiger partial charge < -0.3 is 15.4 Å². The SMILES string of the molecule is COc1ccc(C)cc1NC(=O)c1cc(Nc2c(C)cccc2C)ccn1. The van der Waals surface area contributed by atoms with Gasteiger partial charge in [-0.25, -0.2) is 0 Å². The molecule has 0 saturated heterocycles. The van der Waals surface area contributed by atoms with Crippen molar-refractivity contribution in [3.05, 3.63) is 77.1 Å². The Balaban J connectivity index is 1.83. The summed E-state index contributed by atoms with van der Waals surface area (Å²) in [7, 11) is 1.58. The van der Waals surface area contributed by atoms with E-state index < -0.39 is 0 Å². The molecule has 27 heavy (non-hydrogen) atoms. The number of benzene rings is 2. The largest absolute Gasteiger partial charge is 0.495 e. The third kappa shape index (κ3) is 4.26. The number of hydrogen-bond acceptors (Lipinski definition) is 4. The zero-order chi connectivity index (χ0) is 19.4. The van der Waals surface area contributed by atoms with Crippen LogP contribution in [0.4, 0.5) is 17.1 Å². The molecule has 3 aromatic rings. The average molecular weight is 361 g/mol. The molecule has 0 atom stereocenters. The van der Waals surface area contributed by atoms with E-state index in [0.29, 0.717) is 17.1 Å². The fraction of sp³-hybridized carbons (Fsp3) is 0.182. The molecule has 2 aromatic carbocycles. The van der Waals surface area contributed by atoms with Crippen LogP contribution >= 0.6 is 0 Å². The van der Waals surface area contributed by atoms with Crippen molar-refractivity contribution in [3.63, 3.8) is 0 Å². The minimum Gasteiger partial charge on any atom is -0.495 e. The molecule has 0 saturated carbocycles. The maximum Gasteiger partial charge on any atom is 0.274 e. The molecule has 0 aliphatic heterocycles. The number of rotatable bonds is 5. The first-order valence-corrected chi connectivity index (χ1v) is 8.73. The molecule has 0 unspecified atom stereocenters. The van der Waals surface area contributed by atoms with Crippen LogP contribution in [0.1, 0.15) is 27.2 Å². The molecule has 0 fully saturated rings. The summed E-state index contributed by atoms with van der Waals surface area (Å²) in [4.78, 5) is 16.9. The summed E-state index contributed by atoms with van der Waals surface area (Å²) >= 11 is 0. The zero-order valence-corrected chi connectivity index (χ0v) is 16.0. The van der Waals surface area contributed by atoms with Gasteiger partial charge in [0, 0.05) is 17.6 Å². The van der Waals surface area contributed by atoms with Crippen molar-refractivity contribution in [2.75, 3.05) is 17.7 Å². The average Bonchev–Trinajstić information content (AvgIpc) is 2.65. The lowest BCUT2D eigenvalue weighted by Crippen LogP contribution is -2.14. The van der Waals surface area contributed by atoms with Gasteiger partial charge in [-0.15, -0.1) is 0 Å². The number of amides is 1. The van der Waals surface area contributed by atoms with Gasteiger partial charge in [0.2, 0.25) is 0 Å². The highest BCUT2D eigenvalue weighted by Gasteiger charge is 2.12. The Hall–Kier alpha value is -3.34. The summed E-state index contributed by atoms with van der Waals surface area (Å²) in [5.74, 6) is 0.322. The first kappa shape index (κ1) is 18.5. The monoisotopic (exact) mass is 361 g/mol.